The van der Waals surface area contributed by atoms with Crippen LogP contribution in [0.15, 0.2) is 0 Å². The van der Waals surface area contributed by atoms with E-state index in [1.165, 1.54) is 51.0 Å². The highest BCUT2D eigenvalue weighted by Gasteiger charge is 2.18. The van der Waals surface area contributed by atoms with Crippen molar-refractivity contribution in [2.45, 2.75) is 103 Å². The van der Waals surface area contributed by atoms with E-state index in [2.05, 4.69) is 20.0 Å². The molecule has 0 radical (unpaired) electrons. The fourth-order valence-corrected chi connectivity index (χ4v) is 3.84. The van der Waals surface area contributed by atoms with Crippen molar-refractivity contribution in [1.29, 1.82) is 0 Å². The largest absolute Gasteiger partial charge is 0.420 e. The van der Waals surface area contributed by atoms with Crippen LogP contribution < -0.4 is 0 Å². The zero-order chi connectivity index (χ0) is 16.0. The number of unbranched alkanes of at least 4 members (excludes halogenated alkanes) is 8. The number of carbonyl (C=O) groups is 1. The molecule has 0 spiro atoms. The molecule has 126 valence electrons. The van der Waals surface area contributed by atoms with E-state index in [1.54, 1.807) is 0 Å². The molecule has 0 aliphatic carbocycles. The normalized spacial score (nSPS) is 11.8. The summed E-state index contributed by atoms with van der Waals surface area (Å²) in [5.74, 6) is 0.474. The second-order valence-electron chi connectivity index (χ2n) is 6.93. The summed E-state index contributed by atoms with van der Waals surface area (Å²) in [4.78, 5) is 11.5. The maximum absolute atomic E-state index is 11.5. The molecule has 0 aliphatic rings. The fourth-order valence-electron chi connectivity index (χ4n) is 2.53. The molecule has 0 saturated carbocycles. The van der Waals surface area contributed by atoms with E-state index in [4.69, 9.17) is 4.43 Å². The second-order valence-corrected chi connectivity index (χ2v) is 11.4. The van der Waals surface area contributed by atoms with Gasteiger partial charge >= 0.3 is 0 Å². The van der Waals surface area contributed by atoms with Crippen LogP contribution in [0, 0.1) is 0 Å². The number of ketones is 1. The van der Waals surface area contributed by atoms with Gasteiger partial charge in [-0.25, -0.2) is 0 Å². The first-order valence-electron chi connectivity index (χ1n) is 9.08. The standard InChI is InChI=1S/C18H38O2Si/c1-5-6-15-18(19)16-13-11-9-7-8-10-12-14-17-21(3,4)20-2/h5-17H2,1-4H3. The molecule has 0 fully saturated rings. The predicted octanol–water partition coefficient (Wildman–Crippen LogP) is 6.11. The van der Waals surface area contributed by atoms with Gasteiger partial charge in [0.2, 0.25) is 0 Å². The number of hydrogen-bond acceptors (Lipinski definition) is 2. The first kappa shape index (κ1) is 20.8. The SMILES string of the molecule is CCCCC(=O)CCCCCCCCCC[Si](C)(C)OC. The van der Waals surface area contributed by atoms with Crippen LogP contribution in [0.25, 0.3) is 0 Å². The molecule has 3 heteroatoms. The Labute approximate surface area is 134 Å². The summed E-state index contributed by atoms with van der Waals surface area (Å²) in [7, 11) is 0.544. The summed E-state index contributed by atoms with van der Waals surface area (Å²) in [6.07, 6.45) is 14.2. The van der Waals surface area contributed by atoms with E-state index >= 15 is 0 Å². The Bertz CT molecular complexity index is 252. The van der Waals surface area contributed by atoms with E-state index in [9.17, 15) is 4.79 Å². The van der Waals surface area contributed by atoms with Gasteiger partial charge in [0.05, 0.1) is 0 Å². The van der Waals surface area contributed by atoms with Crippen LogP contribution in [0.5, 0.6) is 0 Å². The van der Waals surface area contributed by atoms with Crippen LogP contribution in [-0.4, -0.2) is 21.2 Å². The predicted molar refractivity (Wildman–Crippen MR) is 95.4 cm³/mol. The van der Waals surface area contributed by atoms with E-state index in [1.807, 2.05) is 7.11 Å². The van der Waals surface area contributed by atoms with Gasteiger partial charge < -0.3 is 4.43 Å². The Hall–Kier alpha value is -0.153. The topological polar surface area (TPSA) is 26.3 Å². The highest BCUT2D eigenvalue weighted by Crippen LogP contribution is 2.17. The molecule has 0 N–H and O–H groups in total. The second kappa shape index (κ2) is 13.5. The summed E-state index contributed by atoms with van der Waals surface area (Å²) in [5, 5.41) is 0. The van der Waals surface area contributed by atoms with Crippen molar-refractivity contribution >= 4 is 14.1 Å². The zero-order valence-corrected chi connectivity index (χ0v) is 16.0. The highest BCUT2D eigenvalue weighted by atomic mass is 28.4. The number of Topliss-reactive ketones (excluding diaryl/α,β-unsaturated/α-hetero) is 1. The van der Waals surface area contributed by atoms with Crippen LogP contribution in [0.2, 0.25) is 19.1 Å². The minimum atomic E-state index is -1.32. The van der Waals surface area contributed by atoms with Crippen molar-refractivity contribution in [3.8, 4) is 0 Å². The Morgan fingerprint density at radius 1 is 0.810 bits per heavy atom. The molecule has 0 aromatic rings. The molecule has 0 saturated heterocycles. The van der Waals surface area contributed by atoms with Gasteiger partial charge in [-0.15, -0.1) is 0 Å². The smallest absolute Gasteiger partial charge is 0.186 e. The van der Waals surface area contributed by atoms with Gasteiger partial charge in [0.1, 0.15) is 5.78 Å². The quantitative estimate of drug-likeness (QED) is 0.269. The summed E-state index contributed by atoms with van der Waals surface area (Å²) in [6, 6.07) is 1.30. The van der Waals surface area contributed by atoms with Gasteiger partial charge in [-0.05, 0) is 32.0 Å². The van der Waals surface area contributed by atoms with E-state index in [-0.39, 0.29) is 0 Å². The van der Waals surface area contributed by atoms with E-state index < -0.39 is 8.32 Å². The molecule has 0 aliphatic heterocycles. The molecule has 21 heavy (non-hydrogen) atoms. The van der Waals surface area contributed by atoms with Gasteiger partial charge in [0.25, 0.3) is 0 Å². The van der Waals surface area contributed by atoms with Crippen molar-refractivity contribution in [3.05, 3.63) is 0 Å². The van der Waals surface area contributed by atoms with Crippen molar-refractivity contribution in [2.24, 2.45) is 0 Å². The van der Waals surface area contributed by atoms with Crippen molar-refractivity contribution in [1.82, 2.24) is 0 Å². The lowest BCUT2D eigenvalue weighted by molar-refractivity contribution is -0.119. The summed E-state index contributed by atoms with van der Waals surface area (Å²) >= 11 is 0. The maximum Gasteiger partial charge on any atom is 0.186 e. The van der Waals surface area contributed by atoms with Crippen molar-refractivity contribution < 1.29 is 9.22 Å². The molecule has 0 aromatic carbocycles. The summed E-state index contributed by atoms with van der Waals surface area (Å²) in [6.45, 7) is 6.75. The summed E-state index contributed by atoms with van der Waals surface area (Å²) in [5.41, 5.74) is 0. The van der Waals surface area contributed by atoms with Crippen LogP contribution in [0.3, 0.4) is 0 Å². The molecular weight excluding hydrogens is 276 g/mol. The average Bonchev–Trinajstić information content (AvgIpc) is 2.47. The lowest BCUT2D eigenvalue weighted by atomic mass is 10.0. The molecule has 2 nitrogen and oxygen atoms in total. The lowest BCUT2D eigenvalue weighted by Gasteiger charge is -2.19. The van der Waals surface area contributed by atoms with Crippen molar-refractivity contribution in [3.63, 3.8) is 0 Å². The van der Waals surface area contributed by atoms with Crippen LogP contribution >= 0.6 is 0 Å². The average molecular weight is 315 g/mol. The van der Waals surface area contributed by atoms with Crippen LogP contribution in [0.1, 0.15) is 84.0 Å². The number of carbonyl (C=O) groups excluding carboxylic acids is 1. The van der Waals surface area contributed by atoms with E-state index in [0.29, 0.717) is 5.78 Å². The van der Waals surface area contributed by atoms with E-state index in [0.717, 1.165) is 32.1 Å². The van der Waals surface area contributed by atoms with Gasteiger partial charge in [-0.2, -0.15) is 0 Å². The Kier molecular flexibility index (Phi) is 13.4. The molecule has 0 bridgehead atoms. The first-order chi connectivity index (χ1) is 10.0. The minimum Gasteiger partial charge on any atom is -0.420 e. The fraction of sp³-hybridized carbons (Fsp3) is 0.944. The third-order valence-corrected chi connectivity index (χ3v) is 7.01. The van der Waals surface area contributed by atoms with Gasteiger partial charge in [-0.1, -0.05) is 58.3 Å². The highest BCUT2D eigenvalue weighted by molar-refractivity contribution is 6.71. The van der Waals surface area contributed by atoms with Gasteiger partial charge in [-0.3, -0.25) is 4.79 Å². The third kappa shape index (κ3) is 14.5. The molecular formula is C18H38O2Si. The molecule has 0 atom stereocenters. The molecule has 0 heterocycles. The molecule has 0 unspecified atom stereocenters. The van der Waals surface area contributed by atoms with Gasteiger partial charge in [0, 0.05) is 20.0 Å². The Balaban J connectivity index is 3.21. The first-order valence-corrected chi connectivity index (χ1v) is 12.2. The van der Waals surface area contributed by atoms with Crippen LogP contribution in [0.4, 0.5) is 0 Å². The monoisotopic (exact) mass is 314 g/mol. The zero-order valence-electron chi connectivity index (χ0n) is 15.0. The number of hydrogen-bond donors (Lipinski definition) is 0. The Morgan fingerprint density at radius 2 is 1.29 bits per heavy atom. The molecule has 0 aromatic heterocycles. The van der Waals surface area contributed by atoms with Crippen molar-refractivity contribution in [2.75, 3.05) is 7.11 Å². The maximum atomic E-state index is 11.5. The molecule has 0 amide bonds. The third-order valence-electron chi connectivity index (χ3n) is 4.35. The molecule has 0 rings (SSSR count). The number of rotatable bonds is 15. The minimum absolute atomic E-state index is 0.474. The van der Waals surface area contributed by atoms with Gasteiger partial charge in [0.15, 0.2) is 8.32 Å². The lowest BCUT2D eigenvalue weighted by Crippen LogP contribution is -2.27. The van der Waals surface area contributed by atoms with Crippen LogP contribution in [-0.2, 0) is 9.22 Å². The Morgan fingerprint density at radius 3 is 1.81 bits per heavy atom. The summed E-state index contributed by atoms with van der Waals surface area (Å²) < 4.78 is 5.56.